The number of carbonyl (C=O) groups excluding carboxylic acids is 2. The second-order valence-electron chi connectivity index (χ2n) is 8.99. The molecule has 0 radical (unpaired) electrons. The summed E-state index contributed by atoms with van der Waals surface area (Å²) in [5, 5.41) is 4.82. The molecule has 4 aromatic carbocycles. The third-order valence-corrected chi connectivity index (χ3v) is 8.16. The maximum absolute atomic E-state index is 13.3. The lowest BCUT2D eigenvalue weighted by atomic mass is 10.0. The molecule has 182 valence electrons. The van der Waals surface area contributed by atoms with Crippen molar-refractivity contribution < 1.29 is 18.0 Å². The smallest absolute Gasteiger partial charge is 0.241 e. The number of amides is 1. The lowest BCUT2D eigenvalue weighted by Gasteiger charge is -2.21. The Morgan fingerprint density at radius 2 is 1.67 bits per heavy atom. The van der Waals surface area contributed by atoms with Gasteiger partial charge in [0.15, 0.2) is 0 Å². The highest BCUT2D eigenvalue weighted by Gasteiger charge is 2.28. The zero-order valence-corrected chi connectivity index (χ0v) is 20.4. The number of sulfonamides is 1. The van der Waals surface area contributed by atoms with Gasteiger partial charge in [0.05, 0.1) is 17.0 Å². The minimum atomic E-state index is -3.90. The maximum Gasteiger partial charge on any atom is 0.241 e. The predicted octanol–water partition coefficient (Wildman–Crippen LogP) is 4.87. The number of benzene rings is 4. The lowest BCUT2D eigenvalue weighted by Crippen LogP contribution is -2.35. The van der Waals surface area contributed by atoms with E-state index in [1.807, 2.05) is 66.7 Å². The van der Waals surface area contributed by atoms with Gasteiger partial charge in [-0.3, -0.25) is 9.59 Å². The fourth-order valence-electron chi connectivity index (χ4n) is 4.88. The van der Waals surface area contributed by atoms with Gasteiger partial charge in [0, 0.05) is 12.0 Å². The van der Waals surface area contributed by atoms with E-state index >= 15 is 0 Å². The molecule has 0 spiro atoms. The Hall–Kier alpha value is -3.81. The van der Waals surface area contributed by atoms with Crippen molar-refractivity contribution in [2.75, 3.05) is 0 Å². The monoisotopic (exact) mass is 498 g/mol. The van der Waals surface area contributed by atoms with Crippen LogP contribution in [0, 0.1) is 0 Å². The lowest BCUT2D eigenvalue weighted by molar-refractivity contribution is -0.122. The Morgan fingerprint density at radius 1 is 0.917 bits per heavy atom. The third-order valence-electron chi connectivity index (χ3n) is 6.69. The standard InChI is InChI=1S/C29H26N2O4S/c32-19-23-11-6-12-26-25(23)15-16-27(26)30-29(33)18-28(21-8-2-1-3-9-21)31-36(34,35)24-14-13-20-7-4-5-10-22(20)17-24/h1-14,17,19,27-28,31H,15-16,18H2,(H,30,33). The van der Waals surface area contributed by atoms with Crippen LogP contribution in [-0.4, -0.2) is 20.6 Å². The Labute approximate surface area is 210 Å². The zero-order chi connectivity index (χ0) is 25.1. The van der Waals surface area contributed by atoms with Crippen LogP contribution in [0.15, 0.2) is 95.9 Å². The summed E-state index contributed by atoms with van der Waals surface area (Å²) in [5.41, 5.74) is 3.26. The topological polar surface area (TPSA) is 92.3 Å². The summed E-state index contributed by atoms with van der Waals surface area (Å²) in [6.07, 6.45) is 2.20. The molecule has 4 aromatic rings. The Kier molecular flexibility index (Phi) is 6.67. The molecule has 0 fully saturated rings. The number of aldehydes is 1. The van der Waals surface area contributed by atoms with E-state index in [0.717, 1.165) is 28.2 Å². The molecule has 6 nitrogen and oxygen atoms in total. The zero-order valence-electron chi connectivity index (χ0n) is 19.6. The minimum Gasteiger partial charge on any atom is -0.349 e. The number of nitrogens with one attached hydrogen (secondary N) is 2. The van der Waals surface area contributed by atoms with Crippen molar-refractivity contribution in [3.8, 4) is 0 Å². The van der Waals surface area contributed by atoms with Gasteiger partial charge in [-0.05, 0) is 52.4 Å². The van der Waals surface area contributed by atoms with Crippen molar-refractivity contribution in [1.82, 2.24) is 10.0 Å². The number of carbonyl (C=O) groups is 2. The van der Waals surface area contributed by atoms with Gasteiger partial charge in [-0.1, -0.05) is 78.9 Å². The maximum atomic E-state index is 13.3. The Balaban J connectivity index is 1.37. The number of hydrogen-bond donors (Lipinski definition) is 2. The van der Waals surface area contributed by atoms with Crippen LogP contribution in [0.3, 0.4) is 0 Å². The summed E-state index contributed by atoms with van der Waals surface area (Å²) in [4.78, 5) is 24.6. The third kappa shape index (κ3) is 4.94. The molecular formula is C29H26N2O4S. The van der Waals surface area contributed by atoms with Gasteiger partial charge < -0.3 is 5.32 Å². The van der Waals surface area contributed by atoms with Crippen molar-refractivity contribution in [2.45, 2.75) is 36.2 Å². The van der Waals surface area contributed by atoms with Crippen LogP contribution in [0.2, 0.25) is 0 Å². The van der Waals surface area contributed by atoms with Crippen LogP contribution in [0.25, 0.3) is 10.8 Å². The molecule has 1 aliphatic carbocycles. The van der Waals surface area contributed by atoms with E-state index in [-0.39, 0.29) is 23.3 Å². The fourth-order valence-corrected chi connectivity index (χ4v) is 6.14. The van der Waals surface area contributed by atoms with E-state index in [0.29, 0.717) is 24.0 Å². The molecule has 36 heavy (non-hydrogen) atoms. The van der Waals surface area contributed by atoms with E-state index in [2.05, 4.69) is 10.0 Å². The molecular weight excluding hydrogens is 472 g/mol. The van der Waals surface area contributed by atoms with E-state index in [9.17, 15) is 18.0 Å². The summed E-state index contributed by atoms with van der Waals surface area (Å²) < 4.78 is 29.4. The van der Waals surface area contributed by atoms with Crippen molar-refractivity contribution in [2.24, 2.45) is 0 Å². The van der Waals surface area contributed by atoms with Crippen LogP contribution in [0.1, 0.15) is 52.0 Å². The number of rotatable bonds is 8. The quantitative estimate of drug-likeness (QED) is 0.339. The van der Waals surface area contributed by atoms with Gasteiger partial charge in [0.1, 0.15) is 6.29 Å². The fraction of sp³-hybridized carbons (Fsp3) is 0.172. The van der Waals surface area contributed by atoms with Crippen LogP contribution in [0.4, 0.5) is 0 Å². The predicted molar refractivity (Wildman–Crippen MR) is 139 cm³/mol. The van der Waals surface area contributed by atoms with E-state index in [1.165, 1.54) is 0 Å². The van der Waals surface area contributed by atoms with Crippen molar-refractivity contribution in [3.05, 3.63) is 113 Å². The molecule has 1 aliphatic rings. The molecule has 2 N–H and O–H groups in total. The van der Waals surface area contributed by atoms with Gasteiger partial charge in [-0.2, -0.15) is 0 Å². The molecule has 7 heteroatoms. The van der Waals surface area contributed by atoms with Crippen molar-refractivity contribution >= 4 is 33.0 Å². The SMILES string of the molecule is O=Cc1cccc2c1CCC2NC(=O)CC(NS(=O)(=O)c1ccc2ccccc2c1)c1ccccc1. The van der Waals surface area contributed by atoms with Crippen molar-refractivity contribution in [1.29, 1.82) is 0 Å². The molecule has 0 heterocycles. The van der Waals surface area contributed by atoms with E-state index < -0.39 is 16.1 Å². The molecule has 2 atom stereocenters. The van der Waals surface area contributed by atoms with Crippen LogP contribution in [-0.2, 0) is 21.2 Å². The summed E-state index contributed by atoms with van der Waals surface area (Å²) in [6, 6.07) is 26.2. The second kappa shape index (κ2) is 10.0. The first-order valence-electron chi connectivity index (χ1n) is 11.9. The second-order valence-corrected chi connectivity index (χ2v) is 10.7. The summed E-state index contributed by atoms with van der Waals surface area (Å²) in [7, 11) is -3.90. The van der Waals surface area contributed by atoms with Gasteiger partial charge in [-0.25, -0.2) is 13.1 Å². The Morgan fingerprint density at radius 3 is 2.44 bits per heavy atom. The molecule has 0 saturated carbocycles. The average Bonchev–Trinajstić information content (AvgIpc) is 3.31. The van der Waals surface area contributed by atoms with Gasteiger partial charge in [0.25, 0.3) is 0 Å². The van der Waals surface area contributed by atoms with Gasteiger partial charge in [-0.15, -0.1) is 0 Å². The molecule has 0 aromatic heterocycles. The molecule has 1 amide bonds. The first kappa shape index (κ1) is 23.9. The highest BCUT2D eigenvalue weighted by molar-refractivity contribution is 7.89. The average molecular weight is 499 g/mol. The first-order chi connectivity index (χ1) is 17.4. The van der Waals surface area contributed by atoms with E-state index in [4.69, 9.17) is 0 Å². The minimum absolute atomic E-state index is 0.0595. The molecule has 0 bridgehead atoms. The highest BCUT2D eigenvalue weighted by atomic mass is 32.2. The van der Waals surface area contributed by atoms with Gasteiger partial charge in [0.2, 0.25) is 15.9 Å². The number of hydrogen-bond acceptors (Lipinski definition) is 4. The van der Waals surface area contributed by atoms with Crippen LogP contribution in [0.5, 0.6) is 0 Å². The largest absolute Gasteiger partial charge is 0.349 e. The highest BCUT2D eigenvalue weighted by Crippen LogP contribution is 2.33. The number of fused-ring (bicyclic) bond motifs is 2. The normalized spacial score (nSPS) is 15.8. The molecule has 0 aliphatic heterocycles. The van der Waals surface area contributed by atoms with Gasteiger partial charge >= 0.3 is 0 Å². The molecule has 0 saturated heterocycles. The van der Waals surface area contributed by atoms with E-state index in [1.54, 1.807) is 24.3 Å². The van der Waals surface area contributed by atoms with Crippen molar-refractivity contribution in [3.63, 3.8) is 0 Å². The van der Waals surface area contributed by atoms with Crippen LogP contribution >= 0.6 is 0 Å². The molecule has 5 rings (SSSR count). The Bertz CT molecular complexity index is 1530. The summed E-state index contributed by atoms with van der Waals surface area (Å²) in [5.74, 6) is -0.264. The summed E-state index contributed by atoms with van der Waals surface area (Å²) >= 11 is 0. The summed E-state index contributed by atoms with van der Waals surface area (Å²) in [6.45, 7) is 0. The first-order valence-corrected chi connectivity index (χ1v) is 13.4. The van der Waals surface area contributed by atoms with Crippen LogP contribution < -0.4 is 10.0 Å². The molecule has 2 unspecified atom stereocenters.